The summed E-state index contributed by atoms with van der Waals surface area (Å²) in [6.07, 6.45) is -1.76. The Morgan fingerprint density at radius 3 is 2.53 bits per heavy atom. The number of rotatable bonds is 8. The zero-order valence-electron chi connectivity index (χ0n) is 8.13. The highest BCUT2D eigenvalue weighted by atomic mass is 32.2. The van der Waals surface area contributed by atoms with Crippen molar-refractivity contribution in [1.82, 2.24) is 9.44 Å². The lowest BCUT2D eigenvalue weighted by molar-refractivity contribution is -0.146. The standard InChI is InChI=1S/C6H14N2O6S/c1-14-3-2-7-15(12,13)8-4-5(9)6(10)11/h5,7-9H,2-4H2,1H3,(H,10,11)/t5-/m0/s1. The Hall–Kier alpha value is -0.740. The zero-order chi connectivity index (χ0) is 11.9. The predicted molar refractivity (Wildman–Crippen MR) is 50.4 cm³/mol. The minimum absolute atomic E-state index is 0.0645. The highest BCUT2D eigenvalue weighted by molar-refractivity contribution is 7.87. The molecule has 90 valence electrons. The Morgan fingerprint density at radius 1 is 1.47 bits per heavy atom. The number of carbonyl (C=O) groups is 1. The molecule has 8 nitrogen and oxygen atoms in total. The predicted octanol–water partition coefficient (Wildman–Crippen LogP) is -2.50. The first-order valence-corrected chi connectivity index (χ1v) is 5.51. The van der Waals surface area contributed by atoms with Crippen molar-refractivity contribution in [3.05, 3.63) is 0 Å². The number of hydrogen-bond donors (Lipinski definition) is 4. The van der Waals surface area contributed by atoms with E-state index < -0.39 is 28.8 Å². The lowest BCUT2D eigenvalue weighted by atomic mass is 10.4. The van der Waals surface area contributed by atoms with E-state index in [9.17, 15) is 13.2 Å². The molecule has 0 amide bonds. The van der Waals surface area contributed by atoms with Crippen molar-refractivity contribution in [2.75, 3.05) is 26.8 Å². The molecule has 15 heavy (non-hydrogen) atoms. The van der Waals surface area contributed by atoms with E-state index in [2.05, 4.69) is 9.46 Å². The van der Waals surface area contributed by atoms with Crippen molar-refractivity contribution in [1.29, 1.82) is 0 Å². The van der Waals surface area contributed by atoms with Crippen LogP contribution in [0.2, 0.25) is 0 Å². The van der Waals surface area contributed by atoms with Gasteiger partial charge in [-0.05, 0) is 0 Å². The molecule has 0 aromatic carbocycles. The third-order valence-corrected chi connectivity index (χ3v) is 2.48. The fourth-order valence-corrected chi connectivity index (χ4v) is 1.44. The molecule has 0 bridgehead atoms. The topological polar surface area (TPSA) is 125 Å². The van der Waals surface area contributed by atoms with Crippen molar-refractivity contribution in [2.45, 2.75) is 6.10 Å². The number of nitrogens with one attached hydrogen (secondary N) is 2. The smallest absolute Gasteiger partial charge is 0.333 e. The van der Waals surface area contributed by atoms with Crippen LogP contribution in [0, 0.1) is 0 Å². The van der Waals surface area contributed by atoms with Gasteiger partial charge in [-0.2, -0.15) is 17.9 Å². The van der Waals surface area contributed by atoms with Crippen LogP contribution in [0.25, 0.3) is 0 Å². The van der Waals surface area contributed by atoms with Gasteiger partial charge in [0.15, 0.2) is 6.10 Å². The van der Waals surface area contributed by atoms with Crippen LogP contribution in [0.15, 0.2) is 0 Å². The minimum Gasteiger partial charge on any atom is -0.479 e. The Kier molecular flexibility index (Phi) is 6.36. The molecule has 0 saturated carbocycles. The van der Waals surface area contributed by atoms with E-state index in [1.54, 1.807) is 0 Å². The Labute approximate surface area is 87.4 Å². The lowest BCUT2D eigenvalue weighted by Crippen LogP contribution is -2.43. The van der Waals surface area contributed by atoms with Crippen molar-refractivity contribution in [2.24, 2.45) is 0 Å². The fraction of sp³-hybridized carbons (Fsp3) is 0.833. The van der Waals surface area contributed by atoms with E-state index >= 15 is 0 Å². The normalized spacial score (nSPS) is 13.7. The second-order valence-electron chi connectivity index (χ2n) is 2.59. The third-order valence-electron chi connectivity index (χ3n) is 1.35. The van der Waals surface area contributed by atoms with Gasteiger partial charge in [-0.1, -0.05) is 0 Å². The van der Waals surface area contributed by atoms with Crippen LogP contribution in [0.4, 0.5) is 0 Å². The van der Waals surface area contributed by atoms with Gasteiger partial charge in [-0.15, -0.1) is 0 Å². The minimum atomic E-state index is -3.79. The van der Waals surface area contributed by atoms with Crippen LogP contribution in [0.5, 0.6) is 0 Å². The summed E-state index contributed by atoms with van der Waals surface area (Å²) in [7, 11) is -2.37. The summed E-state index contributed by atoms with van der Waals surface area (Å²) in [5.74, 6) is -1.49. The van der Waals surface area contributed by atoms with Crippen molar-refractivity contribution in [3.63, 3.8) is 0 Å². The van der Waals surface area contributed by atoms with Gasteiger partial charge in [0.2, 0.25) is 0 Å². The van der Waals surface area contributed by atoms with E-state index in [0.29, 0.717) is 0 Å². The average molecular weight is 242 g/mol. The number of aliphatic hydroxyl groups excluding tert-OH is 1. The van der Waals surface area contributed by atoms with Crippen LogP contribution in [-0.2, 0) is 19.7 Å². The second kappa shape index (κ2) is 6.69. The summed E-state index contributed by atoms with van der Waals surface area (Å²) < 4.78 is 30.7. The Bertz CT molecular complexity index is 290. The van der Waals surface area contributed by atoms with Gasteiger partial charge in [-0.25, -0.2) is 4.79 Å². The molecule has 0 aromatic heterocycles. The first-order chi connectivity index (χ1) is 6.89. The van der Waals surface area contributed by atoms with Crippen LogP contribution in [-0.4, -0.2) is 57.5 Å². The maximum absolute atomic E-state index is 11.1. The SMILES string of the molecule is COCCNS(=O)(=O)NC[C@H](O)C(=O)O. The Balaban J connectivity index is 3.89. The number of carboxylic acid groups (broad SMARTS) is 1. The fourth-order valence-electron chi connectivity index (χ4n) is 0.605. The number of ether oxygens (including phenoxy) is 1. The monoisotopic (exact) mass is 242 g/mol. The summed E-state index contributed by atoms with van der Waals surface area (Å²) in [5, 5.41) is 17.1. The maximum Gasteiger partial charge on any atom is 0.333 e. The van der Waals surface area contributed by atoms with Gasteiger partial charge >= 0.3 is 5.97 Å². The van der Waals surface area contributed by atoms with E-state index in [-0.39, 0.29) is 13.2 Å². The van der Waals surface area contributed by atoms with Crippen molar-refractivity contribution in [3.8, 4) is 0 Å². The molecule has 0 aliphatic rings. The lowest BCUT2D eigenvalue weighted by Gasteiger charge is -2.09. The van der Waals surface area contributed by atoms with Crippen LogP contribution in [0.3, 0.4) is 0 Å². The van der Waals surface area contributed by atoms with Crippen LogP contribution in [0.1, 0.15) is 0 Å². The first kappa shape index (κ1) is 14.3. The Morgan fingerprint density at radius 2 is 2.07 bits per heavy atom. The number of hydrogen-bond acceptors (Lipinski definition) is 5. The molecule has 0 unspecified atom stereocenters. The van der Waals surface area contributed by atoms with Gasteiger partial charge < -0.3 is 14.9 Å². The number of aliphatic carboxylic acids is 1. The van der Waals surface area contributed by atoms with Gasteiger partial charge in [0, 0.05) is 20.2 Å². The molecule has 0 rings (SSSR count). The largest absolute Gasteiger partial charge is 0.479 e. The zero-order valence-corrected chi connectivity index (χ0v) is 8.95. The highest BCUT2D eigenvalue weighted by Crippen LogP contribution is 1.83. The summed E-state index contributed by atoms with van der Waals surface area (Å²) in [5.41, 5.74) is 0. The second-order valence-corrected chi connectivity index (χ2v) is 4.18. The van der Waals surface area contributed by atoms with E-state index in [1.807, 2.05) is 4.72 Å². The van der Waals surface area contributed by atoms with Crippen LogP contribution < -0.4 is 9.44 Å². The molecule has 9 heteroatoms. The molecule has 0 radical (unpaired) electrons. The van der Waals surface area contributed by atoms with Crippen LogP contribution >= 0.6 is 0 Å². The number of carboxylic acids is 1. The number of aliphatic hydroxyl groups is 1. The van der Waals surface area contributed by atoms with Gasteiger partial charge in [0.25, 0.3) is 10.2 Å². The van der Waals surface area contributed by atoms with Gasteiger partial charge in [0.1, 0.15) is 0 Å². The summed E-state index contributed by atoms with van der Waals surface area (Å²) >= 11 is 0. The molecule has 0 fully saturated rings. The number of methoxy groups -OCH3 is 1. The molecule has 0 saturated heterocycles. The molecular formula is C6H14N2O6S. The summed E-state index contributed by atoms with van der Waals surface area (Å²) in [4.78, 5) is 10.2. The highest BCUT2D eigenvalue weighted by Gasteiger charge is 2.16. The summed E-state index contributed by atoms with van der Waals surface area (Å²) in [6, 6.07) is 0. The average Bonchev–Trinajstić information content (AvgIpc) is 2.14. The van der Waals surface area contributed by atoms with Crippen molar-refractivity contribution < 1.29 is 28.2 Å². The molecular weight excluding hydrogens is 228 g/mol. The first-order valence-electron chi connectivity index (χ1n) is 4.03. The molecule has 0 aromatic rings. The molecule has 0 aliphatic heterocycles. The third kappa shape index (κ3) is 7.22. The summed E-state index contributed by atoms with van der Waals surface area (Å²) in [6.45, 7) is -0.324. The molecule has 0 spiro atoms. The van der Waals surface area contributed by atoms with Crippen molar-refractivity contribution >= 4 is 16.2 Å². The van der Waals surface area contributed by atoms with E-state index in [4.69, 9.17) is 10.2 Å². The maximum atomic E-state index is 11.1. The quantitative estimate of drug-likeness (QED) is 0.349. The van der Waals surface area contributed by atoms with E-state index in [1.165, 1.54) is 7.11 Å². The van der Waals surface area contributed by atoms with Gasteiger partial charge in [0.05, 0.1) is 6.61 Å². The van der Waals surface area contributed by atoms with E-state index in [0.717, 1.165) is 0 Å². The molecule has 0 aliphatic carbocycles. The van der Waals surface area contributed by atoms with Gasteiger partial charge in [-0.3, -0.25) is 0 Å². The molecule has 0 heterocycles. The molecule has 4 N–H and O–H groups in total. The molecule has 1 atom stereocenters.